The van der Waals surface area contributed by atoms with E-state index in [2.05, 4.69) is 36.5 Å². The Morgan fingerprint density at radius 3 is 2.92 bits per heavy atom. The van der Waals surface area contributed by atoms with Gasteiger partial charge in [-0.3, -0.25) is 0 Å². The van der Waals surface area contributed by atoms with E-state index < -0.39 is 0 Å². The van der Waals surface area contributed by atoms with Gasteiger partial charge in [-0.15, -0.1) is 17.0 Å². The number of fused-ring (bicyclic) bond motifs is 1. The second-order valence-electron chi connectivity index (χ2n) is 3.55. The minimum absolute atomic E-state index is 0. The smallest absolute Gasteiger partial charge is 0.00177 e. The third-order valence-electron chi connectivity index (χ3n) is 2.61. The Balaban J connectivity index is 0.000000845. The molecule has 1 nitrogen and oxygen atoms in total. The number of hydrogen-bond donors (Lipinski definition) is 1. The standard InChI is InChI=1S/C11H15N.BrH/c1-9-8-12-7-6-10-4-2-3-5-11(9)10;/h2-5,9,12H,6-8H2,1H3;1H. The van der Waals surface area contributed by atoms with Crippen LogP contribution in [0.4, 0.5) is 0 Å². The van der Waals surface area contributed by atoms with Crippen LogP contribution in [0.15, 0.2) is 24.3 Å². The third-order valence-corrected chi connectivity index (χ3v) is 2.61. The van der Waals surface area contributed by atoms with Crippen LogP contribution in [0.5, 0.6) is 0 Å². The maximum absolute atomic E-state index is 3.44. The van der Waals surface area contributed by atoms with E-state index in [1.807, 2.05) is 0 Å². The molecule has 1 aromatic carbocycles. The summed E-state index contributed by atoms with van der Waals surface area (Å²) in [5.74, 6) is 0.670. The minimum Gasteiger partial charge on any atom is -0.316 e. The highest BCUT2D eigenvalue weighted by Crippen LogP contribution is 2.21. The van der Waals surface area contributed by atoms with E-state index in [1.165, 1.54) is 17.5 Å². The lowest BCUT2D eigenvalue weighted by Crippen LogP contribution is -2.18. The molecule has 1 unspecified atom stereocenters. The van der Waals surface area contributed by atoms with E-state index in [4.69, 9.17) is 0 Å². The van der Waals surface area contributed by atoms with Crippen LogP contribution in [-0.4, -0.2) is 13.1 Å². The first-order valence-electron chi connectivity index (χ1n) is 4.66. The van der Waals surface area contributed by atoms with Crippen molar-refractivity contribution in [1.29, 1.82) is 0 Å². The van der Waals surface area contributed by atoms with Crippen molar-refractivity contribution in [3.8, 4) is 0 Å². The summed E-state index contributed by atoms with van der Waals surface area (Å²) in [7, 11) is 0. The highest BCUT2D eigenvalue weighted by atomic mass is 79.9. The monoisotopic (exact) mass is 241 g/mol. The third kappa shape index (κ3) is 2.32. The number of hydrogen-bond acceptors (Lipinski definition) is 1. The number of rotatable bonds is 0. The summed E-state index contributed by atoms with van der Waals surface area (Å²) in [4.78, 5) is 0. The highest BCUT2D eigenvalue weighted by molar-refractivity contribution is 8.93. The molecular weight excluding hydrogens is 226 g/mol. The predicted molar refractivity (Wildman–Crippen MR) is 61.8 cm³/mol. The van der Waals surface area contributed by atoms with Crippen molar-refractivity contribution in [3.05, 3.63) is 35.4 Å². The lowest BCUT2D eigenvalue weighted by Gasteiger charge is -2.10. The molecule has 72 valence electrons. The SMILES string of the molecule is Br.CC1CNCCc2ccccc21. The van der Waals surface area contributed by atoms with Gasteiger partial charge in [-0.2, -0.15) is 0 Å². The predicted octanol–water partition coefficient (Wildman–Crippen LogP) is 2.51. The van der Waals surface area contributed by atoms with Crippen LogP contribution >= 0.6 is 17.0 Å². The summed E-state index contributed by atoms with van der Waals surface area (Å²) in [6, 6.07) is 8.78. The molecule has 2 heteroatoms. The molecule has 1 N–H and O–H groups in total. The second kappa shape index (κ2) is 4.77. The summed E-state index contributed by atoms with van der Waals surface area (Å²) in [5, 5.41) is 3.44. The van der Waals surface area contributed by atoms with Crippen LogP contribution in [0.3, 0.4) is 0 Å². The van der Waals surface area contributed by atoms with Crippen molar-refractivity contribution >= 4 is 17.0 Å². The van der Waals surface area contributed by atoms with E-state index in [-0.39, 0.29) is 17.0 Å². The zero-order valence-electron chi connectivity index (χ0n) is 7.92. The van der Waals surface area contributed by atoms with Gasteiger partial charge in [-0.1, -0.05) is 31.2 Å². The topological polar surface area (TPSA) is 12.0 Å². The fraction of sp³-hybridized carbons (Fsp3) is 0.455. The molecule has 1 heterocycles. The van der Waals surface area contributed by atoms with Crippen LogP contribution in [-0.2, 0) is 6.42 Å². The Labute approximate surface area is 90.3 Å². The van der Waals surface area contributed by atoms with E-state index in [0.717, 1.165) is 13.1 Å². The summed E-state index contributed by atoms with van der Waals surface area (Å²) in [5.41, 5.74) is 3.05. The van der Waals surface area contributed by atoms with Gasteiger partial charge < -0.3 is 5.32 Å². The van der Waals surface area contributed by atoms with Gasteiger partial charge in [0.05, 0.1) is 0 Å². The van der Waals surface area contributed by atoms with E-state index >= 15 is 0 Å². The molecule has 1 aliphatic rings. The molecule has 0 bridgehead atoms. The zero-order chi connectivity index (χ0) is 8.39. The summed E-state index contributed by atoms with van der Waals surface area (Å²) < 4.78 is 0. The van der Waals surface area contributed by atoms with Crippen LogP contribution in [0.2, 0.25) is 0 Å². The van der Waals surface area contributed by atoms with Gasteiger partial charge in [-0.05, 0) is 30.0 Å². The van der Waals surface area contributed by atoms with Crippen LogP contribution in [0.25, 0.3) is 0 Å². The van der Waals surface area contributed by atoms with Crippen LogP contribution < -0.4 is 5.32 Å². The maximum Gasteiger partial charge on any atom is 0.00177 e. The van der Waals surface area contributed by atoms with E-state index in [0.29, 0.717) is 5.92 Å². The van der Waals surface area contributed by atoms with Gasteiger partial charge in [0, 0.05) is 6.54 Å². The Bertz CT molecular complexity index is 273. The van der Waals surface area contributed by atoms with Gasteiger partial charge in [0.2, 0.25) is 0 Å². The van der Waals surface area contributed by atoms with Crippen molar-refractivity contribution in [1.82, 2.24) is 5.32 Å². The number of halogens is 1. The average molecular weight is 242 g/mol. The average Bonchev–Trinajstić information content (AvgIpc) is 2.29. The quantitative estimate of drug-likeness (QED) is 0.737. The Kier molecular flexibility index (Phi) is 3.94. The van der Waals surface area contributed by atoms with Crippen molar-refractivity contribution in [2.24, 2.45) is 0 Å². The highest BCUT2D eigenvalue weighted by Gasteiger charge is 2.12. The fourth-order valence-corrected chi connectivity index (χ4v) is 1.89. The Morgan fingerprint density at radius 2 is 2.08 bits per heavy atom. The molecule has 0 spiro atoms. The first-order valence-corrected chi connectivity index (χ1v) is 4.66. The lowest BCUT2D eigenvalue weighted by molar-refractivity contribution is 0.644. The van der Waals surface area contributed by atoms with Crippen LogP contribution in [0.1, 0.15) is 24.0 Å². The molecule has 0 saturated heterocycles. The molecular formula is C11H16BrN. The lowest BCUT2D eigenvalue weighted by atomic mass is 9.96. The largest absolute Gasteiger partial charge is 0.316 e. The molecule has 0 aromatic heterocycles. The molecule has 1 aromatic rings. The molecule has 13 heavy (non-hydrogen) atoms. The van der Waals surface area contributed by atoms with Crippen molar-refractivity contribution < 1.29 is 0 Å². The van der Waals surface area contributed by atoms with E-state index in [1.54, 1.807) is 0 Å². The van der Waals surface area contributed by atoms with Gasteiger partial charge in [0.1, 0.15) is 0 Å². The van der Waals surface area contributed by atoms with Gasteiger partial charge in [0.15, 0.2) is 0 Å². The normalized spacial score (nSPS) is 21.2. The fourth-order valence-electron chi connectivity index (χ4n) is 1.89. The Hall–Kier alpha value is -0.340. The van der Waals surface area contributed by atoms with Crippen LogP contribution in [0, 0.1) is 0 Å². The number of benzene rings is 1. The molecule has 2 rings (SSSR count). The van der Waals surface area contributed by atoms with Gasteiger partial charge in [-0.25, -0.2) is 0 Å². The first-order chi connectivity index (χ1) is 5.88. The van der Waals surface area contributed by atoms with Gasteiger partial charge in [0.25, 0.3) is 0 Å². The first kappa shape index (κ1) is 10.7. The molecule has 1 atom stereocenters. The number of nitrogens with one attached hydrogen (secondary N) is 1. The maximum atomic E-state index is 3.44. The zero-order valence-corrected chi connectivity index (χ0v) is 9.63. The van der Waals surface area contributed by atoms with E-state index in [9.17, 15) is 0 Å². The molecule has 0 aliphatic carbocycles. The second-order valence-corrected chi connectivity index (χ2v) is 3.55. The van der Waals surface area contributed by atoms with Crippen molar-refractivity contribution in [3.63, 3.8) is 0 Å². The molecule has 0 radical (unpaired) electrons. The molecule has 0 amide bonds. The summed E-state index contributed by atoms with van der Waals surface area (Å²) >= 11 is 0. The Morgan fingerprint density at radius 1 is 1.31 bits per heavy atom. The van der Waals surface area contributed by atoms with Crippen molar-refractivity contribution in [2.75, 3.05) is 13.1 Å². The molecule has 0 fully saturated rings. The summed E-state index contributed by atoms with van der Waals surface area (Å²) in [6.45, 7) is 4.54. The summed E-state index contributed by atoms with van der Waals surface area (Å²) in [6.07, 6.45) is 1.18. The molecule has 1 aliphatic heterocycles. The molecule has 0 saturated carbocycles. The van der Waals surface area contributed by atoms with Crippen molar-refractivity contribution in [2.45, 2.75) is 19.3 Å². The van der Waals surface area contributed by atoms with Gasteiger partial charge >= 0.3 is 0 Å². The minimum atomic E-state index is 0.